The first kappa shape index (κ1) is 18.9. The Labute approximate surface area is 162 Å². The number of halogens is 1. The molecule has 1 amide bonds. The highest BCUT2D eigenvalue weighted by Gasteiger charge is 2.23. The van der Waals surface area contributed by atoms with E-state index in [1.165, 1.54) is 0 Å². The molecule has 6 nitrogen and oxygen atoms in total. The molecule has 1 heterocycles. The Balaban J connectivity index is 1.80. The van der Waals surface area contributed by atoms with E-state index in [0.29, 0.717) is 22.3 Å². The molecule has 0 atom stereocenters. The van der Waals surface area contributed by atoms with Crippen molar-refractivity contribution in [1.82, 2.24) is 15.0 Å². The highest BCUT2D eigenvalue weighted by molar-refractivity contribution is 6.33. The van der Waals surface area contributed by atoms with Gasteiger partial charge in [0.1, 0.15) is 12.3 Å². The molecule has 0 fully saturated rings. The average Bonchev–Trinajstić information content (AvgIpc) is 3.14. The van der Waals surface area contributed by atoms with Gasteiger partial charge in [-0.05, 0) is 50.2 Å². The average molecular weight is 386 g/mol. The highest BCUT2D eigenvalue weighted by atomic mass is 35.5. The summed E-state index contributed by atoms with van der Waals surface area (Å²) in [6, 6.07) is 14.3. The Morgan fingerprint density at radius 1 is 1.19 bits per heavy atom. The third kappa shape index (κ3) is 4.28. The number of aromatic nitrogens is 2. The van der Waals surface area contributed by atoms with Gasteiger partial charge >= 0.3 is 0 Å². The van der Waals surface area contributed by atoms with Crippen molar-refractivity contribution >= 4 is 17.5 Å². The molecule has 0 bridgehead atoms. The first-order valence-corrected chi connectivity index (χ1v) is 8.90. The topological polar surface area (TPSA) is 68.5 Å². The highest BCUT2D eigenvalue weighted by Crippen LogP contribution is 2.22. The van der Waals surface area contributed by atoms with Crippen LogP contribution in [0.15, 0.2) is 53.1 Å². The summed E-state index contributed by atoms with van der Waals surface area (Å²) in [5.41, 5.74) is 1.25. The van der Waals surface area contributed by atoms with Gasteiger partial charge in [-0.15, -0.1) is 0 Å². The molecule has 140 valence electrons. The third-order valence-electron chi connectivity index (χ3n) is 4.11. The lowest BCUT2D eigenvalue weighted by molar-refractivity contribution is 0.0667. The SMILES string of the molecule is COc1ccc(-c2noc(CN(C(=O)c3ccccc3Cl)C(C)C)n2)cc1. The summed E-state index contributed by atoms with van der Waals surface area (Å²) < 4.78 is 10.5. The van der Waals surface area contributed by atoms with Gasteiger partial charge in [0.2, 0.25) is 11.7 Å². The van der Waals surface area contributed by atoms with Gasteiger partial charge in [0.05, 0.1) is 17.7 Å². The predicted octanol–water partition coefficient (Wildman–Crippen LogP) is 4.45. The van der Waals surface area contributed by atoms with Crippen LogP contribution in [-0.4, -0.2) is 34.1 Å². The van der Waals surface area contributed by atoms with Crippen LogP contribution in [0.2, 0.25) is 5.02 Å². The van der Waals surface area contributed by atoms with Crippen LogP contribution in [0.1, 0.15) is 30.1 Å². The van der Waals surface area contributed by atoms with Gasteiger partial charge in [-0.1, -0.05) is 28.9 Å². The van der Waals surface area contributed by atoms with Crippen LogP contribution in [0.25, 0.3) is 11.4 Å². The smallest absolute Gasteiger partial charge is 0.256 e. The molecule has 0 aliphatic heterocycles. The van der Waals surface area contributed by atoms with Gasteiger partial charge < -0.3 is 14.2 Å². The summed E-state index contributed by atoms with van der Waals surface area (Å²) in [5.74, 6) is 1.38. The van der Waals surface area contributed by atoms with Crippen LogP contribution in [0.5, 0.6) is 5.75 Å². The predicted molar refractivity (Wildman–Crippen MR) is 103 cm³/mol. The van der Waals surface area contributed by atoms with Crippen molar-refractivity contribution in [2.75, 3.05) is 7.11 Å². The Bertz CT molecular complexity index is 922. The number of ether oxygens (including phenoxy) is 1. The molecule has 0 aliphatic rings. The largest absolute Gasteiger partial charge is 0.497 e. The number of amides is 1. The van der Waals surface area contributed by atoms with E-state index in [-0.39, 0.29) is 18.5 Å². The summed E-state index contributed by atoms with van der Waals surface area (Å²) in [6.07, 6.45) is 0. The number of carbonyl (C=O) groups is 1. The van der Waals surface area contributed by atoms with Crippen molar-refractivity contribution in [3.05, 3.63) is 65.0 Å². The molecule has 2 aromatic carbocycles. The third-order valence-corrected chi connectivity index (χ3v) is 4.44. The van der Waals surface area contributed by atoms with E-state index < -0.39 is 0 Å². The molecule has 7 heteroatoms. The van der Waals surface area contributed by atoms with E-state index in [2.05, 4.69) is 10.1 Å². The molecule has 3 aromatic rings. The van der Waals surface area contributed by atoms with Crippen molar-refractivity contribution in [3.8, 4) is 17.1 Å². The Morgan fingerprint density at radius 3 is 2.52 bits per heavy atom. The molecule has 0 saturated heterocycles. The van der Waals surface area contributed by atoms with Gasteiger partial charge in [-0.25, -0.2) is 0 Å². The van der Waals surface area contributed by atoms with Crippen LogP contribution < -0.4 is 4.74 Å². The lowest BCUT2D eigenvalue weighted by Gasteiger charge is -2.25. The lowest BCUT2D eigenvalue weighted by atomic mass is 10.1. The van der Waals surface area contributed by atoms with E-state index in [1.807, 2.05) is 38.1 Å². The number of rotatable bonds is 6. The maximum absolute atomic E-state index is 12.9. The van der Waals surface area contributed by atoms with Crippen LogP contribution in [0.3, 0.4) is 0 Å². The molecule has 0 N–H and O–H groups in total. The number of hydrogen-bond acceptors (Lipinski definition) is 5. The first-order chi connectivity index (χ1) is 13.0. The van der Waals surface area contributed by atoms with E-state index in [9.17, 15) is 4.79 Å². The molecule has 0 unspecified atom stereocenters. The normalized spacial score (nSPS) is 10.9. The quantitative estimate of drug-likeness (QED) is 0.627. The maximum atomic E-state index is 12.9. The van der Waals surface area contributed by atoms with Gasteiger partial charge in [0.15, 0.2) is 0 Å². The molecule has 0 saturated carbocycles. The second kappa shape index (κ2) is 8.22. The second-order valence-corrected chi connectivity index (χ2v) is 6.65. The van der Waals surface area contributed by atoms with Crippen molar-refractivity contribution in [2.24, 2.45) is 0 Å². The van der Waals surface area contributed by atoms with Crippen LogP contribution >= 0.6 is 11.6 Å². The zero-order valence-electron chi connectivity index (χ0n) is 15.3. The fraction of sp³-hybridized carbons (Fsp3) is 0.250. The maximum Gasteiger partial charge on any atom is 0.256 e. The zero-order chi connectivity index (χ0) is 19.4. The monoisotopic (exact) mass is 385 g/mol. The molecular formula is C20H20ClN3O3. The zero-order valence-corrected chi connectivity index (χ0v) is 16.1. The van der Waals surface area contributed by atoms with Crippen molar-refractivity contribution in [2.45, 2.75) is 26.4 Å². The molecule has 3 rings (SSSR count). The lowest BCUT2D eigenvalue weighted by Crippen LogP contribution is -2.36. The minimum absolute atomic E-state index is 0.0647. The van der Waals surface area contributed by atoms with Gasteiger partial charge in [0, 0.05) is 11.6 Å². The van der Waals surface area contributed by atoms with Crippen LogP contribution in [0, 0.1) is 0 Å². The Hall–Kier alpha value is -2.86. The van der Waals surface area contributed by atoms with Gasteiger partial charge in [0.25, 0.3) is 5.91 Å². The van der Waals surface area contributed by atoms with E-state index in [4.69, 9.17) is 20.9 Å². The van der Waals surface area contributed by atoms with E-state index in [1.54, 1.807) is 36.3 Å². The molecule has 27 heavy (non-hydrogen) atoms. The second-order valence-electron chi connectivity index (χ2n) is 6.25. The van der Waals surface area contributed by atoms with Crippen molar-refractivity contribution in [1.29, 1.82) is 0 Å². The van der Waals surface area contributed by atoms with E-state index >= 15 is 0 Å². The standard InChI is InChI=1S/C20H20ClN3O3/c1-13(2)24(20(25)16-6-4-5-7-17(16)21)12-18-22-19(23-27-18)14-8-10-15(26-3)11-9-14/h4-11,13H,12H2,1-3H3. The van der Waals surface area contributed by atoms with Crippen LogP contribution in [0.4, 0.5) is 0 Å². The Morgan fingerprint density at radius 2 is 1.89 bits per heavy atom. The molecule has 1 aromatic heterocycles. The summed E-state index contributed by atoms with van der Waals surface area (Å²) >= 11 is 6.17. The number of nitrogens with zero attached hydrogens (tertiary/aromatic N) is 3. The minimum Gasteiger partial charge on any atom is -0.497 e. The number of carbonyl (C=O) groups excluding carboxylic acids is 1. The summed E-state index contributed by atoms with van der Waals surface area (Å²) in [4.78, 5) is 19.0. The fourth-order valence-corrected chi connectivity index (χ4v) is 2.82. The molecule has 0 spiro atoms. The van der Waals surface area contributed by atoms with E-state index in [0.717, 1.165) is 11.3 Å². The summed E-state index contributed by atoms with van der Waals surface area (Å²) in [5, 5.41) is 4.43. The molecule has 0 aliphatic carbocycles. The molecular weight excluding hydrogens is 366 g/mol. The van der Waals surface area contributed by atoms with Crippen LogP contribution in [-0.2, 0) is 6.54 Å². The number of benzene rings is 2. The van der Waals surface area contributed by atoms with Crippen molar-refractivity contribution < 1.29 is 14.1 Å². The van der Waals surface area contributed by atoms with Gasteiger partial charge in [-0.3, -0.25) is 4.79 Å². The minimum atomic E-state index is -0.181. The first-order valence-electron chi connectivity index (χ1n) is 8.52. The summed E-state index contributed by atoms with van der Waals surface area (Å²) in [6.45, 7) is 4.05. The number of methoxy groups -OCH3 is 1. The van der Waals surface area contributed by atoms with Gasteiger partial charge in [-0.2, -0.15) is 4.98 Å². The fourth-order valence-electron chi connectivity index (χ4n) is 2.60. The molecule has 0 radical (unpaired) electrons. The number of hydrogen-bond donors (Lipinski definition) is 0. The Kier molecular flexibility index (Phi) is 5.76. The summed E-state index contributed by atoms with van der Waals surface area (Å²) in [7, 11) is 1.61. The van der Waals surface area contributed by atoms with Crippen molar-refractivity contribution in [3.63, 3.8) is 0 Å².